The van der Waals surface area contributed by atoms with E-state index in [1.165, 1.54) is 6.07 Å². The molecule has 1 heterocycles. The molecule has 0 aromatic heterocycles. The smallest absolute Gasteiger partial charge is 0.222 e. The van der Waals surface area contributed by atoms with Crippen molar-refractivity contribution in [2.24, 2.45) is 4.99 Å². The highest BCUT2D eigenvalue weighted by molar-refractivity contribution is 14.0. The van der Waals surface area contributed by atoms with Gasteiger partial charge in [0.05, 0.1) is 0 Å². The fraction of sp³-hybridized carbons (Fsp3) is 0.600. The lowest BCUT2D eigenvalue weighted by Crippen LogP contribution is -2.41. The summed E-state index contributed by atoms with van der Waals surface area (Å²) in [6, 6.07) is 5.21. The minimum Gasteiger partial charge on any atom is -0.356 e. The zero-order valence-corrected chi connectivity index (χ0v) is 20.1. The number of guanidine groups is 1. The van der Waals surface area contributed by atoms with Gasteiger partial charge in [-0.25, -0.2) is 4.39 Å². The van der Waals surface area contributed by atoms with Gasteiger partial charge in [-0.15, -0.1) is 24.0 Å². The molecular weight excluding hydrogens is 490 g/mol. The third-order valence-corrected chi connectivity index (χ3v) is 5.53. The predicted octanol–water partition coefficient (Wildman–Crippen LogP) is 3.76. The van der Waals surface area contributed by atoms with Gasteiger partial charge in [0.15, 0.2) is 5.96 Å². The molecule has 8 heteroatoms. The highest BCUT2D eigenvalue weighted by Crippen LogP contribution is 2.18. The van der Waals surface area contributed by atoms with Gasteiger partial charge >= 0.3 is 0 Å². The molecule has 1 aromatic rings. The number of nitrogens with zero attached hydrogens (tertiary/aromatic N) is 2. The number of carbonyl (C=O) groups is 1. The Kier molecular flexibility index (Phi) is 11.8. The Morgan fingerprint density at radius 2 is 2.14 bits per heavy atom. The van der Waals surface area contributed by atoms with Crippen LogP contribution in [0, 0.1) is 5.82 Å². The number of benzene rings is 1. The lowest BCUT2D eigenvalue weighted by atomic mass is 10.1. The number of hydrogen-bond acceptors (Lipinski definition) is 3. The first kappa shape index (κ1) is 25.0. The van der Waals surface area contributed by atoms with E-state index in [4.69, 9.17) is 0 Å². The lowest BCUT2D eigenvalue weighted by Gasteiger charge is -2.27. The maximum absolute atomic E-state index is 13.5. The van der Waals surface area contributed by atoms with Crippen LogP contribution in [0.2, 0.25) is 0 Å². The van der Waals surface area contributed by atoms with E-state index in [1.807, 2.05) is 17.2 Å². The number of thioether (sulfide) groups is 1. The normalized spacial score (nSPS) is 15.4. The molecule has 158 valence electrons. The first-order chi connectivity index (χ1) is 13.1. The summed E-state index contributed by atoms with van der Waals surface area (Å²) in [6.45, 7) is 4.36. The van der Waals surface area contributed by atoms with Gasteiger partial charge in [-0.1, -0.05) is 13.0 Å². The van der Waals surface area contributed by atoms with Crippen molar-refractivity contribution in [3.8, 4) is 0 Å². The Morgan fingerprint density at radius 3 is 2.75 bits per heavy atom. The summed E-state index contributed by atoms with van der Waals surface area (Å²) in [5.74, 6) is 1.58. The summed E-state index contributed by atoms with van der Waals surface area (Å²) in [5, 5.41) is 6.63. The molecule has 1 aliphatic heterocycles. The number of likely N-dealkylation sites (tertiary alicyclic amines) is 1. The van der Waals surface area contributed by atoms with Crippen LogP contribution in [0.25, 0.3) is 0 Å². The van der Waals surface area contributed by atoms with E-state index in [1.54, 1.807) is 24.9 Å². The van der Waals surface area contributed by atoms with Crippen molar-refractivity contribution in [2.45, 2.75) is 50.9 Å². The molecule has 5 nitrogen and oxygen atoms in total. The molecule has 1 atom stereocenters. The van der Waals surface area contributed by atoms with Crippen molar-refractivity contribution >= 4 is 47.6 Å². The molecule has 2 N–H and O–H groups in total. The van der Waals surface area contributed by atoms with Crippen LogP contribution in [0.15, 0.2) is 23.2 Å². The van der Waals surface area contributed by atoms with Gasteiger partial charge in [-0.2, -0.15) is 11.8 Å². The summed E-state index contributed by atoms with van der Waals surface area (Å²) in [6.07, 6.45) is 5.54. The van der Waals surface area contributed by atoms with E-state index in [0.29, 0.717) is 13.0 Å². The fourth-order valence-electron chi connectivity index (χ4n) is 3.45. The Labute approximate surface area is 189 Å². The largest absolute Gasteiger partial charge is 0.356 e. The van der Waals surface area contributed by atoms with Crippen molar-refractivity contribution in [1.82, 2.24) is 15.5 Å². The van der Waals surface area contributed by atoms with Crippen molar-refractivity contribution in [2.75, 3.05) is 26.4 Å². The van der Waals surface area contributed by atoms with Crippen LogP contribution in [0.1, 0.15) is 43.7 Å². The summed E-state index contributed by atoms with van der Waals surface area (Å²) in [5.41, 5.74) is 2.08. The fourth-order valence-corrected chi connectivity index (χ4v) is 4.03. The van der Waals surface area contributed by atoms with Gasteiger partial charge in [-0.05, 0) is 48.8 Å². The summed E-state index contributed by atoms with van der Waals surface area (Å²) >= 11 is 1.68. The molecule has 2 rings (SSSR count). The number of amides is 1. The maximum atomic E-state index is 13.5. The molecule has 1 unspecified atom stereocenters. The van der Waals surface area contributed by atoms with Crippen LogP contribution in [0.5, 0.6) is 0 Å². The Morgan fingerprint density at radius 1 is 1.36 bits per heavy atom. The van der Waals surface area contributed by atoms with Crippen molar-refractivity contribution in [3.05, 3.63) is 35.1 Å². The average Bonchev–Trinajstić information content (AvgIpc) is 3.08. The minimum absolute atomic E-state index is 0. The highest BCUT2D eigenvalue weighted by Gasteiger charge is 2.26. The van der Waals surface area contributed by atoms with Gasteiger partial charge in [-0.3, -0.25) is 9.79 Å². The zero-order valence-electron chi connectivity index (χ0n) is 17.0. The van der Waals surface area contributed by atoms with E-state index in [9.17, 15) is 9.18 Å². The summed E-state index contributed by atoms with van der Waals surface area (Å²) in [7, 11) is 1.74. The molecular formula is C20H32FIN4OS. The molecule has 1 aliphatic rings. The van der Waals surface area contributed by atoms with Gasteiger partial charge in [0.2, 0.25) is 5.91 Å². The van der Waals surface area contributed by atoms with E-state index in [-0.39, 0.29) is 41.7 Å². The van der Waals surface area contributed by atoms with Crippen LogP contribution < -0.4 is 10.6 Å². The van der Waals surface area contributed by atoms with Gasteiger partial charge in [0, 0.05) is 44.9 Å². The van der Waals surface area contributed by atoms with Crippen LogP contribution in [-0.4, -0.2) is 49.2 Å². The number of halogens is 2. The Bertz CT molecular complexity index is 659. The molecule has 0 aliphatic carbocycles. The highest BCUT2D eigenvalue weighted by atomic mass is 127. The first-order valence-electron chi connectivity index (χ1n) is 9.59. The third kappa shape index (κ3) is 7.42. The average molecular weight is 522 g/mol. The molecule has 0 radical (unpaired) electrons. The van der Waals surface area contributed by atoms with E-state index in [0.717, 1.165) is 55.2 Å². The van der Waals surface area contributed by atoms with E-state index < -0.39 is 0 Å². The molecule has 0 saturated carbocycles. The van der Waals surface area contributed by atoms with E-state index >= 15 is 0 Å². The van der Waals surface area contributed by atoms with Crippen LogP contribution in [0.3, 0.4) is 0 Å². The van der Waals surface area contributed by atoms with Crippen LogP contribution in [-0.2, 0) is 17.1 Å². The molecule has 1 aromatic carbocycles. The summed E-state index contributed by atoms with van der Waals surface area (Å²) in [4.78, 5) is 18.2. The molecule has 28 heavy (non-hydrogen) atoms. The minimum atomic E-state index is -0.202. The molecule has 1 fully saturated rings. The number of hydrogen-bond donors (Lipinski definition) is 2. The van der Waals surface area contributed by atoms with E-state index in [2.05, 4.69) is 22.5 Å². The standard InChI is InChI=1S/C20H31FN4OS.HI/c1-4-18(25-11-5-6-19(25)26)9-10-23-20(22-2)24-13-15-7-8-17(21)12-16(15)14-27-3;/h7-8,12,18H,4-6,9-11,13-14H2,1-3H3,(H2,22,23,24);1H. The SMILES string of the molecule is CCC(CCNC(=NC)NCc1ccc(F)cc1CSC)N1CCCC1=O.I. The number of nitrogens with one attached hydrogen (secondary N) is 2. The second-order valence-corrected chi connectivity index (χ2v) is 7.61. The quantitative estimate of drug-likeness (QED) is 0.295. The first-order valence-corrected chi connectivity index (χ1v) is 11.0. The van der Waals surface area contributed by atoms with Gasteiger partial charge in [0.1, 0.15) is 5.82 Å². The van der Waals surface area contributed by atoms with Crippen LogP contribution in [0.4, 0.5) is 4.39 Å². The lowest BCUT2D eigenvalue weighted by molar-refractivity contribution is -0.129. The van der Waals surface area contributed by atoms with Crippen LogP contribution >= 0.6 is 35.7 Å². The predicted molar refractivity (Wildman–Crippen MR) is 127 cm³/mol. The number of carbonyl (C=O) groups excluding carboxylic acids is 1. The van der Waals surface area contributed by atoms with Crippen molar-refractivity contribution < 1.29 is 9.18 Å². The monoisotopic (exact) mass is 522 g/mol. The van der Waals surface area contributed by atoms with Crippen molar-refractivity contribution in [1.29, 1.82) is 0 Å². The van der Waals surface area contributed by atoms with Gasteiger partial charge in [0.25, 0.3) is 0 Å². The number of rotatable bonds is 9. The Balaban J connectivity index is 0.00000392. The second kappa shape index (κ2) is 13.2. The van der Waals surface area contributed by atoms with Gasteiger partial charge < -0.3 is 15.5 Å². The molecule has 1 saturated heterocycles. The maximum Gasteiger partial charge on any atom is 0.222 e. The Hall–Kier alpha value is -1.03. The molecule has 0 spiro atoms. The topological polar surface area (TPSA) is 56.7 Å². The van der Waals surface area contributed by atoms with Crippen molar-refractivity contribution in [3.63, 3.8) is 0 Å². The summed E-state index contributed by atoms with van der Waals surface area (Å²) < 4.78 is 13.5. The number of aliphatic imine (C=N–C) groups is 1. The zero-order chi connectivity index (χ0) is 19.6. The second-order valence-electron chi connectivity index (χ2n) is 6.74. The molecule has 0 bridgehead atoms. The molecule has 1 amide bonds. The third-order valence-electron chi connectivity index (χ3n) is 4.93.